The summed E-state index contributed by atoms with van der Waals surface area (Å²) in [6.45, 7) is 0. The lowest BCUT2D eigenvalue weighted by Gasteiger charge is -2.26. The van der Waals surface area contributed by atoms with Gasteiger partial charge in [0.15, 0.2) is 0 Å². The molecular weight excluding hydrogens is 1090 g/mol. The topological polar surface area (TPSA) is 62.4 Å². The summed E-state index contributed by atoms with van der Waals surface area (Å²) < 4.78 is 16.3. The van der Waals surface area contributed by atoms with Gasteiger partial charge in [0.2, 0.25) is 0 Å². The zero-order valence-corrected chi connectivity index (χ0v) is 47.0. The summed E-state index contributed by atoms with van der Waals surface area (Å²) in [7, 11) is 0. The number of para-hydroxylation sites is 3. The highest BCUT2D eigenvalue weighted by atomic mass is 32.1. The van der Waals surface area contributed by atoms with E-state index in [-0.39, 0.29) is 0 Å². The average Bonchev–Trinajstić information content (AvgIpc) is 2.13. The van der Waals surface area contributed by atoms with Gasteiger partial charge in [-0.3, -0.25) is 0 Å². The Morgan fingerprint density at radius 1 is 0.253 bits per heavy atom. The fourth-order valence-corrected chi connectivity index (χ4v) is 19.1. The first-order valence-corrected chi connectivity index (χ1v) is 30.9. The number of thiophene rings is 4. The number of nitrogens with zero attached hydrogens (tertiary/aromatic N) is 5. The minimum atomic E-state index is 0.461. The van der Waals surface area contributed by atoms with Crippen molar-refractivity contribution in [3.63, 3.8) is 0 Å². The number of aromatic nitrogens is 3. The van der Waals surface area contributed by atoms with Crippen LogP contribution in [0.15, 0.2) is 224 Å². The smallest absolute Gasteiger partial charge is 0.104 e. The van der Waals surface area contributed by atoms with E-state index in [9.17, 15) is 10.5 Å². The summed E-state index contributed by atoms with van der Waals surface area (Å²) in [5, 5.41) is 41.9. The number of hydrogen-bond acceptors (Lipinski definition) is 6. The Bertz CT molecular complexity index is 6230. The van der Waals surface area contributed by atoms with Crippen molar-refractivity contribution in [2.24, 2.45) is 0 Å². The van der Waals surface area contributed by atoms with Gasteiger partial charge >= 0.3 is 0 Å². The van der Waals surface area contributed by atoms with Gasteiger partial charge in [0.25, 0.3) is 0 Å². The van der Waals surface area contributed by atoms with Crippen LogP contribution in [0, 0.1) is 22.7 Å². The highest BCUT2D eigenvalue weighted by Gasteiger charge is 2.35. The minimum Gasteiger partial charge on any atom is -0.306 e. The first kappa shape index (κ1) is 45.6. The van der Waals surface area contributed by atoms with E-state index in [1.165, 1.54) is 30.3 Å². The third-order valence-electron chi connectivity index (χ3n) is 17.5. The number of hydrogen-bond donors (Lipinski definition) is 0. The third kappa shape index (κ3) is 5.91. The summed E-state index contributed by atoms with van der Waals surface area (Å²) in [6, 6.07) is 86.9. The fourth-order valence-electron chi connectivity index (χ4n) is 14.2. The molecule has 0 saturated heterocycles. The fraction of sp³-hybridized carbons (Fsp3) is 0. The molecule has 7 aromatic heterocycles. The summed E-state index contributed by atoms with van der Waals surface area (Å²) in [6.07, 6.45) is 0. The molecule has 83 heavy (non-hydrogen) atoms. The van der Waals surface area contributed by atoms with E-state index >= 15 is 0 Å². The molecule has 0 atom stereocenters. The first-order valence-electron chi connectivity index (χ1n) is 27.6. The van der Waals surface area contributed by atoms with E-state index in [1.54, 1.807) is 45.3 Å². The molecule has 5 nitrogen and oxygen atoms in total. The Kier molecular flexibility index (Phi) is 9.20. The van der Waals surface area contributed by atoms with Crippen LogP contribution in [-0.4, -0.2) is 13.7 Å². The average molecular weight is 1120 g/mol. The van der Waals surface area contributed by atoms with Crippen LogP contribution in [0.25, 0.3) is 174 Å². The van der Waals surface area contributed by atoms with E-state index in [4.69, 9.17) is 0 Å². The van der Waals surface area contributed by atoms with E-state index < -0.39 is 0 Å². The Hall–Kier alpha value is -10.1. The van der Waals surface area contributed by atoms with Crippen LogP contribution in [0.1, 0.15) is 11.1 Å². The molecule has 12 aromatic carbocycles. The van der Waals surface area contributed by atoms with Crippen LogP contribution in [-0.2, 0) is 0 Å². The molecule has 0 aliphatic heterocycles. The van der Waals surface area contributed by atoms with Crippen LogP contribution in [0.2, 0.25) is 0 Å². The second-order valence-electron chi connectivity index (χ2n) is 21.5. The van der Waals surface area contributed by atoms with Gasteiger partial charge in [0, 0.05) is 110 Å². The van der Waals surface area contributed by atoms with Crippen LogP contribution in [0.5, 0.6) is 0 Å². The molecule has 19 aromatic rings. The maximum absolute atomic E-state index is 13.2. The molecule has 0 spiro atoms. The van der Waals surface area contributed by atoms with Gasteiger partial charge < -0.3 is 13.7 Å². The molecule has 0 aliphatic carbocycles. The predicted octanol–water partition coefficient (Wildman–Crippen LogP) is 21.9. The molecule has 0 amide bonds. The highest BCUT2D eigenvalue weighted by molar-refractivity contribution is 7.28. The van der Waals surface area contributed by atoms with E-state index in [2.05, 4.69) is 250 Å². The molecule has 0 N–H and O–H groups in total. The van der Waals surface area contributed by atoms with Gasteiger partial charge in [-0.1, -0.05) is 182 Å². The van der Waals surface area contributed by atoms with Crippen molar-refractivity contribution in [1.29, 1.82) is 10.5 Å². The molecule has 19 rings (SSSR count). The number of rotatable bonds is 4. The normalized spacial score (nSPS) is 12.3. The molecule has 382 valence electrons. The number of benzene rings is 12. The Morgan fingerprint density at radius 2 is 0.554 bits per heavy atom. The quantitative estimate of drug-likeness (QED) is 0.176. The summed E-state index contributed by atoms with van der Waals surface area (Å²) in [5.41, 5.74) is 10.4. The lowest BCUT2D eigenvalue weighted by atomic mass is 9.90. The first-order chi connectivity index (χ1) is 41.1. The van der Waals surface area contributed by atoms with Crippen LogP contribution in [0.3, 0.4) is 0 Å². The van der Waals surface area contributed by atoms with Gasteiger partial charge in [-0.05, 0) is 42.5 Å². The standard InChI is InChI=1S/C74H37N5S4/c75-38-55-64(54-24-15-23-50-43-19-4-11-28-60(43)80-71(50)54)65(77-57-25-8-1-16-40(57)47-32-35-51-44-20-5-12-29-61(44)81-72(51)68(47)77)56(39-76)67(79-59-27-10-3-18-42(59)49-34-37-53-46-22-7-14-31-63(46)83-74(53)70(49)79)66(55)78-58-26-9-2-17-41(58)48-33-36-52-45-21-6-13-30-62(45)82-73(52)69(48)78/h1-37H. The van der Waals surface area contributed by atoms with Crippen molar-refractivity contribution in [3.05, 3.63) is 236 Å². The molecule has 7 heterocycles. The molecule has 0 saturated carbocycles. The highest BCUT2D eigenvalue weighted by Crippen LogP contribution is 2.54. The molecule has 0 radical (unpaired) electrons. The number of nitriles is 2. The Balaban J connectivity index is 1.14. The minimum absolute atomic E-state index is 0.461. The third-order valence-corrected chi connectivity index (χ3v) is 22.3. The maximum atomic E-state index is 13.2. The van der Waals surface area contributed by atoms with Crippen LogP contribution < -0.4 is 0 Å². The van der Waals surface area contributed by atoms with Gasteiger partial charge in [0.05, 0.1) is 69.8 Å². The lowest BCUT2D eigenvalue weighted by molar-refractivity contribution is 1.07. The second-order valence-corrected chi connectivity index (χ2v) is 25.8. The van der Waals surface area contributed by atoms with Gasteiger partial charge in [-0.25, -0.2) is 0 Å². The molecule has 0 fully saturated rings. The summed E-state index contributed by atoms with van der Waals surface area (Å²) >= 11 is 7.11. The van der Waals surface area contributed by atoms with E-state index in [0.29, 0.717) is 33.8 Å². The maximum Gasteiger partial charge on any atom is 0.104 e. The Morgan fingerprint density at radius 3 is 0.952 bits per heavy atom. The molecule has 0 aliphatic rings. The van der Waals surface area contributed by atoms with Crippen molar-refractivity contribution in [1.82, 2.24) is 13.7 Å². The number of fused-ring (bicyclic) bond motifs is 24. The summed E-state index contributed by atoms with van der Waals surface area (Å²) in [4.78, 5) is 0. The lowest BCUT2D eigenvalue weighted by Crippen LogP contribution is -2.14. The van der Waals surface area contributed by atoms with Crippen LogP contribution in [0.4, 0.5) is 0 Å². The predicted molar refractivity (Wildman–Crippen MR) is 356 cm³/mol. The molecular formula is C74H37N5S4. The van der Waals surface area contributed by atoms with E-state index in [0.717, 1.165) is 121 Å². The van der Waals surface area contributed by atoms with Crippen molar-refractivity contribution in [3.8, 4) is 40.3 Å². The monoisotopic (exact) mass is 1120 g/mol. The van der Waals surface area contributed by atoms with Crippen molar-refractivity contribution >= 4 is 191 Å². The summed E-state index contributed by atoms with van der Waals surface area (Å²) in [5.74, 6) is 0. The van der Waals surface area contributed by atoms with Crippen LogP contribution >= 0.6 is 45.3 Å². The van der Waals surface area contributed by atoms with Crippen molar-refractivity contribution in [2.75, 3.05) is 0 Å². The van der Waals surface area contributed by atoms with Gasteiger partial charge in [0.1, 0.15) is 17.7 Å². The zero-order valence-electron chi connectivity index (χ0n) is 43.7. The van der Waals surface area contributed by atoms with Gasteiger partial charge in [-0.2, -0.15) is 10.5 Å². The molecule has 0 unspecified atom stereocenters. The van der Waals surface area contributed by atoms with Gasteiger partial charge in [-0.15, -0.1) is 45.3 Å². The second kappa shape index (κ2) is 16.7. The van der Waals surface area contributed by atoms with Crippen molar-refractivity contribution < 1.29 is 0 Å². The largest absolute Gasteiger partial charge is 0.306 e. The SMILES string of the molecule is N#Cc1c(-c2cccc3c2sc2ccccc23)c(-n2c3ccccc3c3ccc4c5ccccc5sc4c32)c(C#N)c(-n2c3ccccc3c3ccc4c5ccccc5sc4c32)c1-n1c2ccccc2c2ccc3c4ccccc4sc3c21. The van der Waals surface area contributed by atoms with Crippen molar-refractivity contribution in [2.45, 2.75) is 0 Å². The Labute approximate surface area is 488 Å². The zero-order chi connectivity index (χ0) is 54.3. The van der Waals surface area contributed by atoms with E-state index in [1.807, 2.05) is 0 Å². The molecule has 9 heteroatoms. The molecule has 0 bridgehead atoms.